The molecule has 7 N–H and O–H groups in total. The van der Waals surface area contributed by atoms with Gasteiger partial charge in [-0.1, -0.05) is 39.0 Å². The number of benzene rings is 4. The fourth-order valence-corrected chi connectivity index (χ4v) is 16.3. The van der Waals surface area contributed by atoms with Crippen molar-refractivity contribution in [3.8, 4) is 17.2 Å². The highest BCUT2D eigenvalue weighted by Crippen LogP contribution is 2.48. The number of halogens is 1. The molecule has 1 unspecified atom stereocenters. The van der Waals surface area contributed by atoms with Crippen LogP contribution in [-0.2, 0) is 52.3 Å². The third-order valence-electron chi connectivity index (χ3n) is 22.4. The molecule has 4 aromatic carbocycles. The maximum atomic E-state index is 16.9. The molecule has 2 aromatic heterocycles. The molecule has 16 atom stereocenters. The number of aliphatic hydroxyl groups excluding tert-OH is 3. The van der Waals surface area contributed by atoms with E-state index in [0.29, 0.717) is 44.5 Å². The van der Waals surface area contributed by atoms with Gasteiger partial charge in [-0.15, -0.1) is 0 Å². The van der Waals surface area contributed by atoms with Gasteiger partial charge in [0.15, 0.2) is 40.3 Å². The normalized spacial score (nSPS) is 30.0. The van der Waals surface area contributed by atoms with Crippen molar-refractivity contribution >= 4 is 96.5 Å². The number of phenols is 1. The number of hydrogen-bond acceptors (Lipinski definition) is 25. The van der Waals surface area contributed by atoms with E-state index in [1.807, 2.05) is 9.80 Å². The van der Waals surface area contributed by atoms with Crippen LogP contribution in [0.2, 0.25) is 0 Å². The molecule has 0 spiro atoms. The van der Waals surface area contributed by atoms with Crippen molar-refractivity contribution in [2.75, 3.05) is 48.7 Å². The number of aromatic carboxylic acids is 1. The van der Waals surface area contributed by atoms with E-state index in [-0.39, 0.29) is 104 Å². The van der Waals surface area contributed by atoms with E-state index in [0.717, 1.165) is 12.3 Å². The minimum atomic E-state index is -2.22. The standard InChI is InChI=1S/C77H88FN5O24/c1-32-15-13-17-43(37(6)103-75(97)76(9,10)27-52(86)87)63(89)34(3)62(88)35(4)67(104-39(8)84)33(2)49(105-53-26-51-69(38(7)102-53)100-31-99-51)20-22-101-77(11)72(93)56-54-55(64(90)36(5)68(56)107-77)66(92)59(80-73(32)94)70-58(54)79-57-48(85)23-42(24-50(57)106-70)82-21-14-16-40-28-81(30-47(40)82)61-46(78)25-44-60(71(61)98-12)83(41-18-19-41)29-45(65(44)91)74(95)96/h13,15,17,20,22-25,29,33-35,37-38,40-41,43,47,49,51,53,62-63,67,69,88-90,93H,14,16,18-19,21,26-28,30-31H2,1-12H3,(H,80,94)(H,86,87)(H,95,96)/b17-13+,22-20+,32-15-/t33-,34+,35-,37?,38-,40+,43-,47-,49+,51+,53+,62-,63-,67-,69-,77+/m1/s1. The Morgan fingerprint density at radius 3 is 2.35 bits per heavy atom. The average molecular weight is 1490 g/mol. The number of anilines is 3. The van der Waals surface area contributed by atoms with Crippen LogP contribution >= 0.6 is 0 Å². The van der Waals surface area contributed by atoms with E-state index in [4.69, 9.17) is 52.0 Å². The summed E-state index contributed by atoms with van der Waals surface area (Å²) in [4.78, 5) is 119. The first-order chi connectivity index (χ1) is 50.6. The Kier molecular flexibility index (Phi) is 20.3. The predicted molar refractivity (Wildman–Crippen MR) is 385 cm³/mol. The molecule has 6 aliphatic heterocycles. The topological polar surface area (TPSA) is 390 Å². The molecule has 8 heterocycles. The minimum Gasteiger partial charge on any atom is -0.507 e. The molecule has 6 aromatic rings. The molecule has 29 nitrogen and oxygen atoms in total. The SMILES string of the molecule is COc1c(N2C[C@@H]3CCCN(c4cc(=O)c5nc6c(oc5c4)c4c(=O)c5c(O)c(C)c7c(c56)=C(O)[C@@](C)(O/C=C/[C@H](O[C@H]5C[C@@H]6OCO[C@@H]6[C@@H](C)O5)[C@@H](C)[C@@H](OC(C)=O)[C@H](C)[C@H](O)[C@H](C)[C@@H](O)[C@@H](C(C)OC(=O)C(C)(C)CC(=O)O)/C=C/C=C(/C)C(=O)N4)O7)[C@@H]3C2)c(F)cc2c(=O)c(C(=O)O)cn(C3CC3)c12. The van der Waals surface area contributed by atoms with Gasteiger partial charge in [-0.2, -0.15) is 0 Å². The summed E-state index contributed by atoms with van der Waals surface area (Å²) < 4.78 is 80.8. The quantitative estimate of drug-likeness (QED) is 0.0329. The zero-order chi connectivity index (χ0) is 77.1. The number of aromatic nitrogens is 2. The van der Waals surface area contributed by atoms with Crippen molar-refractivity contribution in [1.82, 2.24) is 9.55 Å². The number of phenolic OH excluding ortho intramolecular Hbond substituents is 1. The number of rotatable bonds is 13. The number of carbonyl (C=O) groups is 5. The number of amides is 1. The Morgan fingerprint density at radius 1 is 0.916 bits per heavy atom. The second-order valence-corrected chi connectivity index (χ2v) is 30.2. The van der Waals surface area contributed by atoms with Crippen LogP contribution in [0.25, 0.3) is 49.6 Å². The summed E-state index contributed by atoms with van der Waals surface area (Å²) >= 11 is 0. The summed E-state index contributed by atoms with van der Waals surface area (Å²) in [6.07, 6.45) is 1.10. The number of carboxylic acid groups (broad SMARTS) is 2. The van der Waals surface area contributed by atoms with Gasteiger partial charge in [0.1, 0.15) is 59.1 Å². The Balaban J connectivity index is 0.952. The maximum absolute atomic E-state index is 16.9. The molecule has 0 radical (unpaired) electrons. The average Bonchev–Trinajstić information content (AvgIpc) is 1.32. The minimum absolute atomic E-state index is 0.0159. The number of ether oxygens (including phenoxy) is 9. The predicted octanol–water partition coefficient (Wildman–Crippen LogP) is 7.82. The van der Waals surface area contributed by atoms with Crippen molar-refractivity contribution in [3.05, 3.63) is 113 Å². The molecular weight excluding hydrogens is 1400 g/mol. The van der Waals surface area contributed by atoms with Crippen LogP contribution in [0.15, 0.2) is 79.3 Å². The molecule has 1 aliphatic carbocycles. The molecule has 7 aliphatic rings. The zero-order valence-electron chi connectivity index (χ0n) is 61.2. The van der Waals surface area contributed by atoms with E-state index in [2.05, 4.69) is 5.32 Å². The highest BCUT2D eigenvalue weighted by molar-refractivity contribution is 6.17. The van der Waals surface area contributed by atoms with Crippen LogP contribution in [0, 0.1) is 47.7 Å². The Hall–Kier alpha value is -9.72. The highest BCUT2D eigenvalue weighted by Gasteiger charge is 2.49. The monoisotopic (exact) mass is 1490 g/mol. The first-order valence-electron chi connectivity index (χ1n) is 35.9. The number of aliphatic hydroxyl groups is 3. The zero-order valence-corrected chi connectivity index (χ0v) is 61.2. The van der Waals surface area contributed by atoms with E-state index >= 15 is 14.0 Å². The molecule has 107 heavy (non-hydrogen) atoms. The number of carboxylic acids is 2. The number of carbonyl (C=O) groups excluding carboxylic acids is 3. The molecule has 5 bridgehead atoms. The number of hydrogen-bond donors (Lipinski definition) is 7. The second-order valence-electron chi connectivity index (χ2n) is 30.2. The summed E-state index contributed by atoms with van der Waals surface area (Å²) in [5.74, 6) is -14.3. The second kappa shape index (κ2) is 28.8. The summed E-state index contributed by atoms with van der Waals surface area (Å²) in [6.45, 7) is 17.1. The van der Waals surface area contributed by atoms with Crippen molar-refractivity contribution in [1.29, 1.82) is 0 Å². The van der Waals surface area contributed by atoms with Gasteiger partial charge < -0.3 is 97.4 Å². The lowest BCUT2D eigenvalue weighted by Crippen LogP contribution is -2.50. The summed E-state index contributed by atoms with van der Waals surface area (Å²) in [7, 11) is 1.36. The molecule has 13 rings (SSSR count). The molecular formula is C77H88FN5O24. The molecule has 1 amide bonds. The van der Waals surface area contributed by atoms with Crippen molar-refractivity contribution < 1.29 is 106 Å². The van der Waals surface area contributed by atoms with Crippen molar-refractivity contribution in [2.24, 2.45) is 35.0 Å². The van der Waals surface area contributed by atoms with Gasteiger partial charge in [-0.25, -0.2) is 14.2 Å². The smallest absolute Gasteiger partial charge is 0.341 e. The van der Waals surface area contributed by atoms with Gasteiger partial charge in [0.2, 0.25) is 16.3 Å². The van der Waals surface area contributed by atoms with E-state index in [9.17, 15) is 59.4 Å². The number of piperidine rings is 1. The number of fused-ring (bicyclic) bond motifs is 8. The van der Waals surface area contributed by atoms with Crippen LogP contribution in [0.1, 0.15) is 130 Å². The number of pyridine rings is 1. The lowest BCUT2D eigenvalue weighted by atomic mass is 9.77. The number of methoxy groups -OCH3 is 1. The first kappa shape index (κ1) is 75.5. The molecule has 5 fully saturated rings. The Labute approximate surface area is 611 Å². The Bertz CT molecular complexity index is 5010. The van der Waals surface area contributed by atoms with Crippen molar-refractivity contribution in [2.45, 2.75) is 188 Å². The van der Waals surface area contributed by atoms with Crippen LogP contribution in [-0.4, -0.2) is 170 Å². The first-order valence-corrected chi connectivity index (χ1v) is 35.9. The van der Waals surface area contributed by atoms with E-state index in [1.54, 1.807) is 31.4 Å². The summed E-state index contributed by atoms with van der Waals surface area (Å²) in [5.41, 5.74) is -5.91. The number of aliphatic carboxylic acids is 1. The number of nitrogens with zero attached hydrogens (tertiary/aromatic N) is 4. The van der Waals surface area contributed by atoms with Gasteiger partial charge in [0.05, 0.1) is 83.3 Å². The fraction of sp³-hybridized carbons (Fsp3) is 0.519. The van der Waals surface area contributed by atoms with Gasteiger partial charge in [0, 0.05) is 110 Å². The third kappa shape index (κ3) is 13.7. The molecule has 30 heteroatoms. The highest BCUT2D eigenvalue weighted by atomic mass is 19.1. The van der Waals surface area contributed by atoms with Crippen LogP contribution in [0.4, 0.5) is 21.5 Å². The molecule has 1 saturated carbocycles. The summed E-state index contributed by atoms with van der Waals surface area (Å²) in [6, 6.07) is 3.44. The van der Waals surface area contributed by atoms with Crippen LogP contribution in [0.3, 0.4) is 0 Å². The largest absolute Gasteiger partial charge is 0.507 e. The number of nitrogens with one attached hydrogen (secondary N) is 1. The molecule has 572 valence electrons. The molecule has 4 saturated heterocycles. The van der Waals surface area contributed by atoms with E-state index < -0.39 is 182 Å². The Morgan fingerprint density at radius 2 is 1.65 bits per heavy atom. The number of allylic oxidation sites excluding steroid dienone is 2. The van der Waals surface area contributed by atoms with Crippen LogP contribution in [0.5, 0.6) is 17.2 Å². The maximum Gasteiger partial charge on any atom is 0.341 e. The van der Waals surface area contributed by atoms with Crippen LogP contribution < -0.4 is 46.1 Å². The van der Waals surface area contributed by atoms with E-state index in [1.165, 1.54) is 99.1 Å². The third-order valence-corrected chi connectivity index (χ3v) is 22.4. The van der Waals surface area contributed by atoms with Crippen molar-refractivity contribution in [3.63, 3.8) is 0 Å². The number of aromatic hydroxyl groups is 1. The van der Waals surface area contributed by atoms with Gasteiger partial charge >= 0.3 is 29.7 Å². The van der Waals surface area contributed by atoms with Gasteiger partial charge in [-0.3, -0.25) is 33.6 Å². The fourth-order valence-electron chi connectivity index (χ4n) is 16.3. The lowest BCUT2D eigenvalue weighted by molar-refractivity contribution is -0.246. The summed E-state index contributed by atoms with van der Waals surface area (Å²) in [5, 5.41) is 71.4. The van der Waals surface area contributed by atoms with Gasteiger partial charge in [0.25, 0.3) is 5.91 Å². The lowest BCUT2D eigenvalue weighted by Gasteiger charge is -2.41. The number of esters is 2. The van der Waals surface area contributed by atoms with Gasteiger partial charge in [-0.05, 0) is 85.3 Å².